The number of benzene rings is 8. The lowest BCUT2D eigenvalue weighted by Crippen LogP contribution is -2.43. The summed E-state index contributed by atoms with van der Waals surface area (Å²) in [5.74, 6) is 2.49. The Balaban J connectivity index is 1.14. The molecule has 0 atom stereocenters. The zero-order chi connectivity index (χ0) is 38.1. The summed E-state index contributed by atoms with van der Waals surface area (Å²) in [6.07, 6.45) is 0. The fourth-order valence-corrected chi connectivity index (χ4v) is 9.64. The van der Waals surface area contributed by atoms with Crippen LogP contribution in [0.3, 0.4) is 0 Å². The van der Waals surface area contributed by atoms with Crippen LogP contribution < -0.4 is 4.74 Å². The van der Waals surface area contributed by atoms with E-state index in [4.69, 9.17) is 14.7 Å². The Hall–Kier alpha value is -7.10. The van der Waals surface area contributed by atoms with Crippen LogP contribution in [0.5, 0.6) is 11.5 Å². The van der Waals surface area contributed by atoms with E-state index in [0.717, 1.165) is 56.3 Å². The molecule has 11 rings (SSSR count). The first kappa shape index (κ1) is 33.3. The fourth-order valence-electron chi connectivity index (χ4n) is 9.64. The van der Waals surface area contributed by atoms with Gasteiger partial charge in [-0.05, 0) is 74.5 Å². The highest BCUT2D eigenvalue weighted by atomic mass is 16.5. The van der Waals surface area contributed by atoms with Crippen molar-refractivity contribution in [3.8, 4) is 56.5 Å². The van der Waals surface area contributed by atoms with Crippen molar-refractivity contribution in [2.24, 2.45) is 0 Å². The molecule has 0 radical (unpaired) electrons. The maximum atomic E-state index is 6.66. The Kier molecular flexibility index (Phi) is 7.42. The largest absolute Gasteiger partial charge is 0.457 e. The van der Waals surface area contributed by atoms with Crippen molar-refractivity contribution < 1.29 is 4.74 Å². The lowest BCUT2D eigenvalue weighted by Gasteiger charge is -2.50. The SMILES string of the molecule is CC1(C)c2ccccc2C2(c3ccccc3Oc3ccccc32)c2cccc(-c3cccc(-c4cc(-c5ccc6ccccc6c5)nc(-c5ccccc5)n4)c3)c21. The minimum atomic E-state index is -0.577. The molecule has 1 aliphatic heterocycles. The Morgan fingerprint density at radius 3 is 1.67 bits per heavy atom. The first-order valence-corrected chi connectivity index (χ1v) is 19.7. The molecule has 9 aromatic rings. The van der Waals surface area contributed by atoms with Crippen molar-refractivity contribution in [2.75, 3.05) is 0 Å². The second kappa shape index (κ2) is 12.7. The van der Waals surface area contributed by atoms with Crippen molar-refractivity contribution in [3.05, 3.63) is 228 Å². The first-order valence-electron chi connectivity index (χ1n) is 19.7. The van der Waals surface area contributed by atoms with E-state index in [1.807, 2.05) is 18.2 Å². The Morgan fingerprint density at radius 2 is 0.930 bits per heavy atom. The van der Waals surface area contributed by atoms with Crippen LogP contribution in [-0.4, -0.2) is 9.97 Å². The molecule has 8 aromatic carbocycles. The lowest BCUT2D eigenvalue weighted by molar-refractivity contribution is 0.425. The summed E-state index contributed by atoms with van der Waals surface area (Å²) >= 11 is 0. The third kappa shape index (κ3) is 5.05. The molecular weight excluding hydrogens is 693 g/mol. The molecule has 57 heavy (non-hydrogen) atoms. The molecule has 0 saturated heterocycles. The van der Waals surface area contributed by atoms with E-state index in [-0.39, 0.29) is 5.41 Å². The van der Waals surface area contributed by atoms with Gasteiger partial charge in [-0.2, -0.15) is 0 Å². The van der Waals surface area contributed by atoms with E-state index in [1.54, 1.807) is 0 Å². The number of aromatic nitrogens is 2. The first-order chi connectivity index (χ1) is 28.0. The molecule has 2 heterocycles. The molecular formula is C54H38N2O. The second-order valence-corrected chi connectivity index (χ2v) is 15.7. The summed E-state index contributed by atoms with van der Waals surface area (Å²) in [6.45, 7) is 4.77. The van der Waals surface area contributed by atoms with Gasteiger partial charge in [-0.3, -0.25) is 0 Å². The maximum absolute atomic E-state index is 6.66. The van der Waals surface area contributed by atoms with E-state index >= 15 is 0 Å². The maximum Gasteiger partial charge on any atom is 0.160 e. The van der Waals surface area contributed by atoms with Crippen molar-refractivity contribution in [1.29, 1.82) is 0 Å². The van der Waals surface area contributed by atoms with Crippen LogP contribution in [0.1, 0.15) is 47.2 Å². The van der Waals surface area contributed by atoms with Crippen molar-refractivity contribution in [3.63, 3.8) is 0 Å². The minimum absolute atomic E-state index is 0.315. The number of rotatable bonds is 4. The van der Waals surface area contributed by atoms with Gasteiger partial charge in [0.15, 0.2) is 5.82 Å². The number of hydrogen-bond acceptors (Lipinski definition) is 3. The predicted octanol–water partition coefficient (Wildman–Crippen LogP) is 13.4. The van der Waals surface area contributed by atoms with E-state index in [9.17, 15) is 0 Å². The smallest absolute Gasteiger partial charge is 0.160 e. The van der Waals surface area contributed by atoms with Crippen LogP contribution in [-0.2, 0) is 10.8 Å². The van der Waals surface area contributed by atoms with Gasteiger partial charge in [0.1, 0.15) is 11.5 Å². The zero-order valence-electron chi connectivity index (χ0n) is 31.8. The van der Waals surface area contributed by atoms with Gasteiger partial charge < -0.3 is 4.74 Å². The molecule has 1 spiro atoms. The number of fused-ring (bicyclic) bond motifs is 9. The summed E-state index contributed by atoms with van der Waals surface area (Å²) in [6, 6.07) is 69.5. The average Bonchev–Trinajstić information content (AvgIpc) is 3.27. The van der Waals surface area contributed by atoms with Crippen molar-refractivity contribution >= 4 is 10.8 Å². The molecule has 1 aliphatic carbocycles. The number of hydrogen-bond donors (Lipinski definition) is 0. The fraction of sp³-hybridized carbons (Fsp3) is 0.0741. The van der Waals surface area contributed by atoms with E-state index in [2.05, 4.69) is 190 Å². The van der Waals surface area contributed by atoms with E-state index in [0.29, 0.717) is 5.82 Å². The Labute approximate surface area is 333 Å². The van der Waals surface area contributed by atoms with Gasteiger partial charge >= 0.3 is 0 Å². The molecule has 3 heteroatoms. The molecule has 3 nitrogen and oxygen atoms in total. The quantitative estimate of drug-likeness (QED) is 0.181. The summed E-state index contributed by atoms with van der Waals surface area (Å²) in [7, 11) is 0. The molecule has 0 fully saturated rings. The summed E-state index contributed by atoms with van der Waals surface area (Å²) in [4.78, 5) is 10.4. The predicted molar refractivity (Wildman–Crippen MR) is 232 cm³/mol. The average molecular weight is 731 g/mol. The normalized spacial score (nSPS) is 14.2. The van der Waals surface area contributed by atoms with Gasteiger partial charge in [-0.25, -0.2) is 9.97 Å². The minimum Gasteiger partial charge on any atom is -0.457 e. The van der Waals surface area contributed by atoms with Gasteiger partial charge in [-0.1, -0.05) is 178 Å². The second-order valence-electron chi connectivity index (χ2n) is 15.7. The van der Waals surface area contributed by atoms with Gasteiger partial charge in [0, 0.05) is 33.2 Å². The van der Waals surface area contributed by atoms with Crippen LogP contribution in [0.2, 0.25) is 0 Å². The molecule has 0 unspecified atom stereocenters. The number of para-hydroxylation sites is 2. The number of ether oxygens (including phenoxy) is 1. The third-order valence-corrected chi connectivity index (χ3v) is 12.2. The van der Waals surface area contributed by atoms with Crippen molar-refractivity contribution in [2.45, 2.75) is 24.7 Å². The van der Waals surface area contributed by atoms with Crippen LogP contribution in [0.15, 0.2) is 194 Å². The third-order valence-electron chi connectivity index (χ3n) is 12.2. The molecule has 0 amide bonds. The molecule has 0 bridgehead atoms. The van der Waals surface area contributed by atoms with E-state index < -0.39 is 5.41 Å². The Morgan fingerprint density at radius 1 is 0.386 bits per heavy atom. The van der Waals surface area contributed by atoms with E-state index in [1.165, 1.54) is 38.6 Å². The van der Waals surface area contributed by atoms with Crippen LogP contribution >= 0.6 is 0 Å². The number of nitrogens with zero attached hydrogens (tertiary/aromatic N) is 2. The standard InChI is InChI=1S/C54H38N2O/c1-53(2)42-23-8-9-24-43(42)54(44-25-10-12-28-49(44)57-50-29-13-11-26-45(50)54)46-27-15-22-41(51(46)53)38-20-14-21-39(33-38)47-34-48(56-52(55-47)36-17-4-3-5-18-36)40-31-30-35-16-6-7-19-37(35)32-40/h3-34H,1-2H3. The van der Waals surface area contributed by atoms with Gasteiger partial charge in [0.25, 0.3) is 0 Å². The molecule has 2 aliphatic rings. The highest BCUT2D eigenvalue weighted by molar-refractivity contribution is 5.88. The van der Waals surface area contributed by atoms with Crippen LogP contribution in [0, 0.1) is 0 Å². The van der Waals surface area contributed by atoms with Crippen molar-refractivity contribution in [1.82, 2.24) is 9.97 Å². The monoisotopic (exact) mass is 730 g/mol. The lowest BCUT2D eigenvalue weighted by atomic mass is 9.53. The summed E-state index contributed by atoms with van der Waals surface area (Å²) in [5, 5.41) is 2.39. The van der Waals surface area contributed by atoms with Gasteiger partial charge in [0.05, 0.1) is 16.8 Å². The molecule has 1 aromatic heterocycles. The van der Waals surface area contributed by atoms with Crippen LogP contribution in [0.4, 0.5) is 0 Å². The molecule has 270 valence electrons. The Bertz CT molecular complexity index is 2990. The summed E-state index contributed by atoms with van der Waals surface area (Å²) in [5.41, 5.74) is 13.9. The van der Waals surface area contributed by atoms with Gasteiger partial charge in [-0.15, -0.1) is 0 Å². The zero-order valence-corrected chi connectivity index (χ0v) is 31.8. The topological polar surface area (TPSA) is 35.0 Å². The van der Waals surface area contributed by atoms with Crippen LogP contribution in [0.25, 0.3) is 55.8 Å². The molecule has 0 saturated carbocycles. The molecule has 0 N–H and O–H groups in total. The highest BCUT2D eigenvalue weighted by Crippen LogP contribution is 2.62. The van der Waals surface area contributed by atoms with Gasteiger partial charge in [0.2, 0.25) is 0 Å². The summed E-state index contributed by atoms with van der Waals surface area (Å²) < 4.78 is 6.66. The highest BCUT2D eigenvalue weighted by Gasteiger charge is 2.53.